The summed E-state index contributed by atoms with van der Waals surface area (Å²) in [7, 11) is 1.39. The molecule has 1 aliphatic heterocycles. The minimum absolute atomic E-state index is 0.00267. The average molecular weight is 585 g/mol. The second kappa shape index (κ2) is 15.0. The fourth-order valence-corrected chi connectivity index (χ4v) is 4.01. The maximum absolute atomic E-state index is 13.5. The predicted octanol–water partition coefficient (Wildman–Crippen LogP) is 3.09. The highest BCUT2D eigenvalue weighted by atomic mass is 16.7. The Bertz CT molecular complexity index is 1310. The summed E-state index contributed by atoms with van der Waals surface area (Å²) in [5, 5.41) is 2.50. The molecule has 0 aliphatic carbocycles. The van der Waals surface area contributed by atoms with Gasteiger partial charge in [0.25, 0.3) is 5.91 Å². The third-order valence-electron chi connectivity index (χ3n) is 6.32. The number of nitrogens with one attached hydrogen (secondary N) is 1. The van der Waals surface area contributed by atoms with E-state index in [9.17, 15) is 19.2 Å². The molecule has 0 bridgehead atoms. The maximum atomic E-state index is 13.5. The van der Waals surface area contributed by atoms with E-state index in [1.807, 2.05) is 6.07 Å². The zero-order valence-electron chi connectivity index (χ0n) is 24.5. The lowest BCUT2D eigenvalue weighted by Gasteiger charge is -2.27. The van der Waals surface area contributed by atoms with Gasteiger partial charge in [-0.2, -0.15) is 0 Å². The summed E-state index contributed by atoms with van der Waals surface area (Å²) < 4.78 is 32.9. The number of allylic oxidation sites excluding steroid dienone is 1. The van der Waals surface area contributed by atoms with Gasteiger partial charge in [-0.1, -0.05) is 44.2 Å². The predicted molar refractivity (Wildman–Crippen MR) is 149 cm³/mol. The van der Waals surface area contributed by atoms with Gasteiger partial charge >= 0.3 is 17.9 Å². The summed E-state index contributed by atoms with van der Waals surface area (Å²) in [5.41, 5.74) is 0.986. The molecule has 1 N–H and O–H groups in total. The molecule has 226 valence electrons. The number of methoxy groups -OCH3 is 1. The highest BCUT2D eigenvalue weighted by Crippen LogP contribution is 2.30. The number of hydrogen-bond donors (Lipinski definition) is 1. The minimum atomic E-state index is -1.42. The molecule has 0 saturated carbocycles. The summed E-state index contributed by atoms with van der Waals surface area (Å²) in [6.45, 7) is 7.88. The second-order valence-corrected chi connectivity index (χ2v) is 9.63. The van der Waals surface area contributed by atoms with E-state index >= 15 is 0 Å². The van der Waals surface area contributed by atoms with Crippen LogP contribution >= 0.6 is 0 Å². The molecule has 12 heteroatoms. The van der Waals surface area contributed by atoms with Crippen LogP contribution in [0.15, 0.2) is 48.2 Å². The molecule has 42 heavy (non-hydrogen) atoms. The molecule has 0 spiro atoms. The van der Waals surface area contributed by atoms with Gasteiger partial charge in [0.05, 0.1) is 18.6 Å². The summed E-state index contributed by atoms with van der Waals surface area (Å²) in [6.07, 6.45) is -1.05. The lowest BCUT2D eigenvalue weighted by atomic mass is 9.95. The normalized spacial score (nSPS) is 20.3. The summed E-state index contributed by atoms with van der Waals surface area (Å²) in [4.78, 5) is 56.8. The fourth-order valence-electron chi connectivity index (χ4n) is 4.01. The Morgan fingerprint density at radius 1 is 1.14 bits per heavy atom. The van der Waals surface area contributed by atoms with Crippen molar-refractivity contribution in [1.29, 1.82) is 0 Å². The van der Waals surface area contributed by atoms with Crippen molar-refractivity contribution >= 4 is 29.4 Å². The van der Waals surface area contributed by atoms with Crippen LogP contribution in [0.25, 0.3) is 5.57 Å². The van der Waals surface area contributed by atoms with Crippen LogP contribution in [0.1, 0.15) is 50.7 Å². The number of nitrogens with zero attached hydrogens (tertiary/aromatic N) is 1. The number of carbonyl (C=O) groups excluding carboxylic acids is 4. The smallest absolute Gasteiger partial charge is 0.338 e. The van der Waals surface area contributed by atoms with E-state index in [0.717, 1.165) is 0 Å². The number of benzene rings is 1. The molecule has 3 rings (SSSR count). The number of cyclic esters (lactones) is 2. The molecular weight excluding hydrogens is 548 g/mol. The number of hydrogen-bond acceptors (Lipinski definition) is 11. The minimum Gasteiger partial charge on any atom is -0.493 e. The van der Waals surface area contributed by atoms with Crippen LogP contribution in [0.2, 0.25) is 0 Å². The van der Waals surface area contributed by atoms with Crippen LogP contribution in [0.5, 0.6) is 11.5 Å². The van der Waals surface area contributed by atoms with Crippen LogP contribution in [0, 0.1) is 5.92 Å². The van der Waals surface area contributed by atoms with Gasteiger partial charge in [0, 0.05) is 18.9 Å². The highest BCUT2D eigenvalue weighted by molar-refractivity contribution is 6.00. The van der Waals surface area contributed by atoms with Gasteiger partial charge in [0.1, 0.15) is 12.7 Å². The van der Waals surface area contributed by atoms with Crippen LogP contribution in [0.3, 0.4) is 0 Å². The monoisotopic (exact) mass is 584 g/mol. The quantitative estimate of drug-likeness (QED) is 0.144. The van der Waals surface area contributed by atoms with E-state index in [4.69, 9.17) is 28.4 Å². The van der Waals surface area contributed by atoms with Gasteiger partial charge in [-0.05, 0) is 31.9 Å². The first-order chi connectivity index (χ1) is 20.1. The highest BCUT2D eigenvalue weighted by Gasteiger charge is 2.40. The van der Waals surface area contributed by atoms with Gasteiger partial charge < -0.3 is 33.7 Å². The van der Waals surface area contributed by atoms with E-state index in [0.29, 0.717) is 17.7 Å². The molecule has 12 nitrogen and oxygen atoms in total. The molecule has 1 saturated heterocycles. The maximum Gasteiger partial charge on any atom is 0.338 e. The molecule has 0 unspecified atom stereocenters. The van der Waals surface area contributed by atoms with Crippen molar-refractivity contribution in [3.05, 3.63) is 59.4 Å². The van der Waals surface area contributed by atoms with Gasteiger partial charge in [-0.3, -0.25) is 9.59 Å². The lowest BCUT2D eigenvalue weighted by molar-refractivity contribution is -0.166. The van der Waals surface area contributed by atoms with E-state index < -0.39 is 54.6 Å². The van der Waals surface area contributed by atoms with Gasteiger partial charge in [0.2, 0.25) is 0 Å². The largest absolute Gasteiger partial charge is 0.493 e. The number of amides is 1. The first-order valence-corrected chi connectivity index (χ1v) is 13.5. The first-order valence-electron chi connectivity index (χ1n) is 13.5. The molecule has 3 atom stereocenters. The molecule has 2 heterocycles. The van der Waals surface area contributed by atoms with Crippen molar-refractivity contribution in [3.63, 3.8) is 0 Å². The molecule has 1 amide bonds. The lowest BCUT2D eigenvalue weighted by Crippen LogP contribution is -2.46. The van der Waals surface area contributed by atoms with E-state index in [1.165, 1.54) is 26.3 Å². The first kappa shape index (κ1) is 32.1. The zero-order valence-corrected chi connectivity index (χ0v) is 24.5. The molecule has 1 aromatic heterocycles. The van der Waals surface area contributed by atoms with E-state index in [-0.39, 0.29) is 29.6 Å². The Morgan fingerprint density at radius 3 is 2.50 bits per heavy atom. The SMILES string of the molecule is CCOCOc1c(OC)ccnc1C(=O)N[C@H]1COC(=O)/C(=C(\C)c2ccccc2)[C@@H](OC(=O)C(C)C)[C@H](C)OC1=O. The van der Waals surface area contributed by atoms with Crippen molar-refractivity contribution < 1.29 is 47.6 Å². The third kappa shape index (κ3) is 7.84. The summed E-state index contributed by atoms with van der Waals surface area (Å²) >= 11 is 0. The number of pyridine rings is 1. The van der Waals surface area contributed by atoms with Gasteiger partial charge in [0.15, 0.2) is 36.1 Å². The van der Waals surface area contributed by atoms with Crippen molar-refractivity contribution in [2.24, 2.45) is 5.92 Å². The van der Waals surface area contributed by atoms with Gasteiger partial charge in [-0.25, -0.2) is 14.6 Å². The number of ether oxygens (including phenoxy) is 6. The Kier molecular flexibility index (Phi) is 11.4. The number of aromatic nitrogens is 1. The summed E-state index contributed by atoms with van der Waals surface area (Å²) in [5.74, 6) is -3.46. The van der Waals surface area contributed by atoms with Crippen LogP contribution in [0.4, 0.5) is 0 Å². The number of esters is 3. The second-order valence-electron chi connectivity index (χ2n) is 9.63. The van der Waals surface area contributed by atoms with Crippen LogP contribution in [-0.2, 0) is 33.3 Å². The Morgan fingerprint density at radius 2 is 1.86 bits per heavy atom. The van der Waals surface area contributed by atoms with Crippen molar-refractivity contribution in [2.75, 3.05) is 27.1 Å². The molecule has 1 aromatic carbocycles. The molecular formula is C30H36N2O10. The van der Waals surface area contributed by atoms with E-state index in [1.54, 1.807) is 52.0 Å². The number of carbonyl (C=O) groups is 4. The fraction of sp³-hybridized carbons (Fsp3) is 0.433. The Hall–Kier alpha value is -4.45. The third-order valence-corrected chi connectivity index (χ3v) is 6.32. The van der Waals surface area contributed by atoms with Crippen LogP contribution < -0.4 is 14.8 Å². The average Bonchev–Trinajstić information content (AvgIpc) is 3.02. The number of rotatable bonds is 10. The standard InChI is InChI=1S/C30H36N2O10/c1-7-38-16-40-26-22(37-6)13-14-31-24(26)27(33)32-21-15-39-30(36)23(18(4)20-11-9-8-10-12-20)25(19(5)41-29(21)35)42-28(34)17(2)3/h8-14,17,19,21,25H,7,15-16H2,1-6H3,(H,32,33)/b23-18+/t19-,21-,25-/m0/s1. The molecule has 1 aliphatic rings. The van der Waals surface area contributed by atoms with Crippen molar-refractivity contribution in [3.8, 4) is 11.5 Å². The summed E-state index contributed by atoms with van der Waals surface area (Å²) in [6, 6.07) is 9.06. The van der Waals surface area contributed by atoms with Crippen molar-refractivity contribution in [2.45, 2.75) is 52.9 Å². The van der Waals surface area contributed by atoms with Crippen molar-refractivity contribution in [1.82, 2.24) is 10.3 Å². The van der Waals surface area contributed by atoms with Crippen LogP contribution in [-0.4, -0.2) is 74.2 Å². The molecule has 2 aromatic rings. The Balaban J connectivity index is 1.96. The van der Waals surface area contributed by atoms with Gasteiger partial charge in [-0.15, -0.1) is 0 Å². The molecule has 0 radical (unpaired) electrons. The molecule has 1 fully saturated rings. The Labute approximate surface area is 244 Å². The van der Waals surface area contributed by atoms with E-state index in [2.05, 4.69) is 10.3 Å². The zero-order chi connectivity index (χ0) is 30.8. The topological polar surface area (TPSA) is 149 Å².